The number of methoxy groups -OCH3 is 2. The number of rotatable bonds is 7. The number of morpholine rings is 1. The fourth-order valence-corrected chi connectivity index (χ4v) is 2.98. The molecule has 134 valence electrons. The van der Waals surface area contributed by atoms with Crippen molar-refractivity contribution in [2.45, 2.75) is 19.9 Å². The van der Waals surface area contributed by atoms with Gasteiger partial charge in [0.15, 0.2) is 0 Å². The van der Waals surface area contributed by atoms with Gasteiger partial charge >= 0.3 is 0 Å². The number of hydrogen-bond donors (Lipinski definition) is 1. The summed E-state index contributed by atoms with van der Waals surface area (Å²) in [6, 6.07) is 5.51. The Kier molecular flexibility index (Phi) is 6.87. The summed E-state index contributed by atoms with van der Waals surface area (Å²) in [5.74, 6) is 1.47. The summed E-state index contributed by atoms with van der Waals surface area (Å²) in [6.45, 7) is 8.26. The van der Waals surface area contributed by atoms with Crippen LogP contribution in [0.5, 0.6) is 11.5 Å². The number of hydrogen-bond acceptors (Lipinski definition) is 5. The van der Waals surface area contributed by atoms with Gasteiger partial charge < -0.3 is 19.5 Å². The molecular formula is C18H28N2O4. The van der Waals surface area contributed by atoms with E-state index in [9.17, 15) is 4.79 Å². The lowest BCUT2D eigenvalue weighted by molar-refractivity contribution is 0.00672. The molecule has 0 aliphatic carbocycles. The van der Waals surface area contributed by atoms with Crippen molar-refractivity contribution in [2.24, 2.45) is 5.92 Å². The number of ether oxygens (including phenoxy) is 3. The number of nitrogens with zero attached hydrogens (tertiary/aromatic N) is 1. The molecule has 1 saturated heterocycles. The van der Waals surface area contributed by atoms with Crippen molar-refractivity contribution in [1.29, 1.82) is 0 Å². The summed E-state index contributed by atoms with van der Waals surface area (Å²) in [4.78, 5) is 15.0. The molecule has 2 rings (SSSR count). The lowest BCUT2D eigenvalue weighted by Gasteiger charge is -2.36. The quantitative estimate of drug-likeness (QED) is 0.823. The molecule has 0 radical (unpaired) electrons. The summed E-state index contributed by atoms with van der Waals surface area (Å²) < 4.78 is 15.9. The summed E-state index contributed by atoms with van der Waals surface area (Å²) in [6.07, 6.45) is 0. The van der Waals surface area contributed by atoms with Gasteiger partial charge in [-0.05, 0) is 24.1 Å². The van der Waals surface area contributed by atoms with Gasteiger partial charge in [0.05, 0.1) is 33.0 Å². The average Bonchev–Trinajstić information content (AvgIpc) is 2.61. The third-order valence-corrected chi connectivity index (χ3v) is 4.41. The Morgan fingerprint density at radius 2 is 1.96 bits per heavy atom. The molecule has 1 aromatic carbocycles. The molecule has 1 unspecified atom stereocenters. The average molecular weight is 336 g/mol. The topological polar surface area (TPSA) is 60.0 Å². The van der Waals surface area contributed by atoms with Gasteiger partial charge in [-0.1, -0.05) is 13.8 Å². The van der Waals surface area contributed by atoms with Crippen LogP contribution in [0.2, 0.25) is 0 Å². The number of benzene rings is 1. The molecular weight excluding hydrogens is 308 g/mol. The van der Waals surface area contributed by atoms with Gasteiger partial charge in [-0.25, -0.2) is 0 Å². The summed E-state index contributed by atoms with van der Waals surface area (Å²) >= 11 is 0. The maximum atomic E-state index is 12.6. The van der Waals surface area contributed by atoms with Crippen LogP contribution in [-0.2, 0) is 4.74 Å². The molecule has 6 nitrogen and oxygen atoms in total. The lowest BCUT2D eigenvalue weighted by Crippen LogP contribution is -2.51. The van der Waals surface area contributed by atoms with E-state index in [1.54, 1.807) is 32.4 Å². The Bertz CT molecular complexity index is 542. The standard InChI is InChI=1S/C18H28N2O4/c1-13(2)16(20-7-9-24-10-8-20)12-19-18(21)15-11-14(22-3)5-6-17(15)23-4/h5-6,11,13,16H,7-10,12H2,1-4H3,(H,19,21). The molecule has 1 aliphatic heterocycles. The second kappa shape index (κ2) is 8.89. The van der Waals surface area contributed by atoms with Crippen molar-refractivity contribution in [3.05, 3.63) is 23.8 Å². The molecule has 1 atom stereocenters. The zero-order valence-electron chi connectivity index (χ0n) is 15.0. The molecule has 1 amide bonds. The van der Waals surface area contributed by atoms with Crippen LogP contribution in [-0.4, -0.2) is 63.9 Å². The maximum absolute atomic E-state index is 12.6. The van der Waals surface area contributed by atoms with Crippen molar-refractivity contribution < 1.29 is 19.0 Å². The van der Waals surface area contributed by atoms with Crippen LogP contribution in [0.25, 0.3) is 0 Å². The Morgan fingerprint density at radius 1 is 1.25 bits per heavy atom. The highest BCUT2D eigenvalue weighted by Crippen LogP contribution is 2.24. The van der Waals surface area contributed by atoms with Crippen molar-refractivity contribution in [3.8, 4) is 11.5 Å². The Morgan fingerprint density at radius 3 is 2.54 bits per heavy atom. The Balaban J connectivity index is 2.05. The highest BCUT2D eigenvalue weighted by molar-refractivity contribution is 5.97. The van der Waals surface area contributed by atoms with Crippen LogP contribution in [0.1, 0.15) is 24.2 Å². The first-order valence-electron chi connectivity index (χ1n) is 8.38. The van der Waals surface area contributed by atoms with E-state index in [4.69, 9.17) is 14.2 Å². The lowest BCUT2D eigenvalue weighted by atomic mass is 10.0. The van der Waals surface area contributed by atoms with Crippen LogP contribution in [0.3, 0.4) is 0 Å². The predicted octanol–water partition coefficient (Wildman–Crippen LogP) is 1.79. The number of nitrogens with one attached hydrogen (secondary N) is 1. The minimum Gasteiger partial charge on any atom is -0.497 e. The predicted molar refractivity (Wildman–Crippen MR) is 92.9 cm³/mol. The van der Waals surface area contributed by atoms with E-state index in [1.165, 1.54) is 0 Å². The molecule has 1 aromatic rings. The molecule has 1 heterocycles. The second-order valence-electron chi connectivity index (χ2n) is 6.24. The van der Waals surface area contributed by atoms with E-state index in [-0.39, 0.29) is 11.9 Å². The van der Waals surface area contributed by atoms with E-state index in [2.05, 4.69) is 24.1 Å². The second-order valence-corrected chi connectivity index (χ2v) is 6.24. The monoisotopic (exact) mass is 336 g/mol. The minimum atomic E-state index is -0.148. The third kappa shape index (κ3) is 4.61. The molecule has 1 N–H and O–H groups in total. The summed E-state index contributed by atoms with van der Waals surface area (Å²) in [5.41, 5.74) is 0.487. The number of carbonyl (C=O) groups is 1. The fourth-order valence-electron chi connectivity index (χ4n) is 2.98. The van der Waals surface area contributed by atoms with Crippen molar-refractivity contribution in [3.63, 3.8) is 0 Å². The minimum absolute atomic E-state index is 0.148. The largest absolute Gasteiger partial charge is 0.497 e. The van der Waals surface area contributed by atoms with Gasteiger partial charge in [0.25, 0.3) is 5.91 Å². The van der Waals surface area contributed by atoms with Gasteiger partial charge in [-0.3, -0.25) is 9.69 Å². The zero-order valence-corrected chi connectivity index (χ0v) is 15.0. The molecule has 6 heteroatoms. The number of amides is 1. The smallest absolute Gasteiger partial charge is 0.255 e. The van der Waals surface area contributed by atoms with Crippen LogP contribution in [0.15, 0.2) is 18.2 Å². The van der Waals surface area contributed by atoms with E-state index in [1.807, 2.05) is 0 Å². The Hall–Kier alpha value is -1.79. The van der Waals surface area contributed by atoms with Gasteiger partial charge in [0.2, 0.25) is 0 Å². The van der Waals surface area contributed by atoms with Crippen LogP contribution in [0.4, 0.5) is 0 Å². The molecule has 0 spiro atoms. The van der Waals surface area contributed by atoms with Crippen molar-refractivity contribution in [2.75, 3.05) is 47.1 Å². The third-order valence-electron chi connectivity index (χ3n) is 4.41. The Labute approximate surface area is 144 Å². The molecule has 0 saturated carbocycles. The highest BCUT2D eigenvalue weighted by Gasteiger charge is 2.25. The van der Waals surface area contributed by atoms with Gasteiger partial charge in [-0.2, -0.15) is 0 Å². The normalized spacial score (nSPS) is 16.7. The van der Waals surface area contributed by atoms with Gasteiger partial charge in [0, 0.05) is 25.7 Å². The first-order chi connectivity index (χ1) is 11.6. The van der Waals surface area contributed by atoms with Gasteiger partial charge in [0.1, 0.15) is 11.5 Å². The van der Waals surface area contributed by atoms with Crippen LogP contribution in [0, 0.1) is 5.92 Å². The van der Waals surface area contributed by atoms with Crippen LogP contribution < -0.4 is 14.8 Å². The first-order valence-corrected chi connectivity index (χ1v) is 8.38. The van der Waals surface area contributed by atoms with E-state index >= 15 is 0 Å². The van der Waals surface area contributed by atoms with Crippen molar-refractivity contribution >= 4 is 5.91 Å². The molecule has 1 aliphatic rings. The molecule has 0 aromatic heterocycles. The molecule has 1 fully saturated rings. The fraction of sp³-hybridized carbons (Fsp3) is 0.611. The zero-order chi connectivity index (χ0) is 17.5. The number of carbonyl (C=O) groups excluding carboxylic acids is 1. The molecule has 0 bridgehead atoms. The first kappa shape index (κ1) is 18.5. The maximum Gasteiger partial charge on any atom is 0.255 e. The summed E-state index contributed by atoms with van der Waals surface area (Å²) in [5, 5.41) is 3.05. The van der Waals surface area contributed by atoms with E-state index in [0.717, 1.165) is 26.3 Å². The van der Waals surface area contributed by atoms with Gasteiger partial charge in [-0.15, -0.1) is 0 Å². The van der Waals surface area contributed by atoms with E-state index < -0.39 is 0 Å². The van der Waals surface area contributed by atoms with E-state index in [0.29, 0.717) is 29.5 Å². The van der Waals surface area contributed by atoms with Crippen LogP contribution >= 0.6 is 0 Å². The summed E-state index contributed by atoms with van der Waals surface area (Å²) in [7, 11) is 3.14. The SMILES string of the molecule is COc1ccc(OC)c(C(=O)NCC(C(C)C)N2CCOCC2)c1. The molecule has 24 heavy (non-hydrogen) atoms. The van der Waals surface area contributed by atoms with Crippen molar-refractivity contribution in [1.82, 2.24) is 10.2 Å². The highest BCUT2D eigenvalue weighted by atomic mass is 16.5.